The summed E-state index contributed by atoms with van der Waals surface area (Å²) in [5.41, 5.74) is 1.43. The van der Waals surface area contributed by atoms with Gasteiger partial charge < -0.3 is 14.5 Å². The number of likely N-dealkylation sites (tertiary alicyclic amines) is 1. The van der Waals surface area contributed by atoms with E-state index in [1.807, 2.05) is 9.80 Å². The summed E-state index contributed by atoms with van der Waals surface area (Å²) in [5.74, 6) is 0.899. The number of alkyl halides is 2. The van der Waals surface area contributed by atoms with Crippen molar-refractivity contribution in [3.05, 3.63) is 39.7 Å². The van der Waals surface area contributed by atoms with Gasteiger partial charge in [-0.1, -0.05) is 30.2 Å². The lowest BCUT2D eigenvalue weighted by atomic mass is 9.88. The van der Waals surface area contributed by atoms with E-state index in [1.165, 1.54) is 4.68 Å². The number of carbonyl (C=O) groups is 2. The van der Waals surface area contributed by atoms with Gasteiger partial charge in [0.05, 0.1) is 6.04 Å². The molecule has 2 aliphatic heterocycles. The molecule has 0 unspecified atom stereocenters. The number of carbonyl (C=O) groups excluding carboxylic acids is 2. The topological polar surface area (TPSA) is 80.6 Å². The number of hydrogen-bond acceptors (Lipinski definition) is 5. The van der Waals surface area contributed by atoms with E-state index in [4.69, 9.17) is 16.3 Å². The van der Waals surface area contributed by atoms with Crippen LogP contribution >= 0.6 is 11.6 Å². The number of aromatic nitrogens is 3. The van der Waals surface area contributed by atoms with Crippen molar-refractivity contribution in [3.8, 4) is 5.75 Å². The summed E-state index contributed by atoms with van der Waals surface area (Å²) < 4.78 is 34.8. The van der Waals surface area contributed by atoms with Gasteiger partial charge in [-0.3, -0.25) is 9.59 Å². The molecule has 0 bridgehead atoms. The lowest BCUT2D eigenvalue weighted by Gasteiger charge is -2.41. The minimum atomic E-state index is -2.74. The lowest BCUT2D eigenvalue weighted by Crippen LogP contribution is -2.48. The summed E-state index contributed by atoms with van der Waals surface area (Å²) in [4.78, 5) is 30.2. The fourth-order valence-electron chi connectivity index (χ4n) is 6.27. The average molecular weight is 550 g/mol. The molecular weight excluding hydrogens is 516 g/mol. The highest BCUT2D eigenvalue weighted by atomic mass is 35.5. The number of halogens is 3. The Hall–Kier alpha value is -2.75. The van der Waals surface area contributed by atoms with Crippen LogP contribution in [-0.2, 0) is 29.2 Å². The van der Waals surface area contributed by atoms with Gasteiger partial charge in [-0.05, 0) is 56.2 Å². The Balaban J connectivity index is 1.50. The molecule has 1 saturated heterocycles. The molecule has 11 heteroatoms. The Morgan fingerprint density at radius 3 is 2.68 bits per heavy atom. The second-order valence-corrected chi connectivity index (χ2v) is 10.9. The summed E-state index contributed by atoms with van der Waals surface area (Å²) >= 11 is 6.64. The average Bonchev–Trinajstić information content (AvgIpc) is 3.63. The van der Waals surface area contributed by atoms with E-state index in [0.29, 0.717) is 49.2 Å². The summed E-state index contributed by atoms with van der Waals surface area (Å²) in [6, 6.07) is 3.02. The first-order valence-corrected chi connectivity index (χ1v) is 13.9. The van der Waals surface area contributed by atoms with E-state index >= 15 is 0 Å². The first-order valence-electron chi connectivity index (χ1n) is 13.5. The van der Waals surface area contributed by atoms with Gasteiger partial charge in [-0.25, -0.2) is 13.5 Å². The van der Waals surface area contributed by atoms with E-state index in [1.54, 1.807) is 19.1 Å². The first-order chi connectivity index (χ1) is 18.3. The highest BCUT2D eigenvalue weighted by Crippen LogP contribution is 2.43. The van der Waals surface area contributed by atoms with Crippen LogP contribution in [0, 0.1) is 11.8 Å². The molecule has 0 N–H and O–H groups in total. The van der Waals surface area contributed by atoms with Crippen LogP contribution < -0.4 is 4.74 Å². The summed E-state index contributed by atoms with van der Waals surface area (Å²) in [5, 5.41) is 8.34. The number of ether oxygens (including phenoxy) is 1. The zero-order chi connectivity index (χ0) is 27.0. The molecule has 3 heterocycles. The quantitative estimate of drug-likeness (QED) is 0.465. The maximum atomic E-state index is 13.9. The Labute approximate surface area is 226 Å². The van der Waals surface area contributed by atoms with Crippen molar-refractivity contribution >= 4 is 23.4 Å². The third kappa shape index (κ3) is 4.99. The molecular formula is C27H34ClF2N5O3. The monoisotopic (exact) mass is 549 g/mol. The molecule has 206 valence electrons. The number of hydrogen-bond donors (Lipinski definition) is 0. The summed E-state index contributed by atoms with van der Waals surface area (Å²) in [7, 11) is 0. The normalized spacial score (nSPS) is 23.4. The third-order valence-corrected chi connectivity index (χ3v) is 8.67. The number of aryl methyl sites for hydroxylation is 1. The number of nitrogens with zero attached hydrogens (tertiary/aromatic N) is 5. The predicted molar refractivity (Wildman–Crippen MR) is 137 cm³/mol. The molecule has 3 aliphatic rings. The van der Waals surface area contributed by atoms with E-state index < -0.39 is 12.5 Å². The van der Waals surface area contributed by atoms with Gasteiger partial charge >= 0.3 is 0 Å². The largest absolute Gasteiger partial charge is 0.487 e. The molecule has 0 radical (unpaired) electrons. The van der Waals surface area contributed by atoms with Crippen molar-refractivity contribution in [1.29, 1.82) is 0 Å². The molecule has 2 fully saturated rings. The van der Waals surface area contributed by atoms with Gasteiger partial charge in [0, 0.05) is 49.1 Å². The smallest absolute Gasteiger partial charge is 0.282 e. The Morgan fingerprint density at radius 2 is 2.03 bits per heavy atom. The van der Waals surface area contributed by atoms with Crippen LogP contribution in [0.3, 0.4) is 0 Å². The van der Waals surface area contributed by atoms with Crippen molar-refractivity contribution in [2.45, 2.75) is 78.0 Å². The van der Waals surface area contributed by atoms with Gasteiger partial charge in [-0.15, -0.1) is 5.10 Å². The van der Waals surface area contributed by atoms with Gasteiger partial charge in [0.25, 0.3) is 6.43 Å². The maximum Gasteiger partial charge on any atom is 0.282 e. The zero-order valence-electron chi connectivity index (χ0n) is 21.8. The molecule has 2 amide bonds. The van der Waals surface area contributed by atoms with Crippen LogP contribution in [0.2, 0.25) is 5.02 Å². The Morgan fingerprint density at radius 1 is 1.21 bits per heavy atom. The minimum absolute atomic E-state index is 0.0467. The number of amides is 2. The van der Waals surface area contributed by atoms with E-state index in [0.717, 1.165) is 36.8 Å². The van der Waals surface area contributed by atoms with E-state index in [9.17, 15) is 18.4 Å². The summed E-state index contributed by atoms with van der Waals surface area (Å²) in [6.07, 6.45) is 2.02. The second-order valence-electron chi connectivity index (χ2n) is 10.5. The van der Waals surface area contributed by atoms with E-state index in [2.05, 4.69) is 17.2 Å². The van der Waals surface area contributed by atoms with Gasteiger partial charge in [0.1, 0.15) is 23.7 Å². The highest BCUT2D eigenvalue weighted by molar-refractivity contribution is 6.31. The first kappa shape index (κ1) is 26.8. The summed E-state index contributed by atoms with van der Waals surface area (Å²) in [6.45, 7) is 5.42. The molecule has 1 aromatic heterocycles. The van der Waals surface area contributed by atoms with Crippen LogP contribution in [0.5, 0.6) is 5.75 Å². The van der Waals surface area contributed by atoms with Gasteiger partial charge in [0.2, 0.25) is 11.8 Å². The SMILES string of the molecule is CCn1nnc(COc2ccc(Cl)c3c2[C@@H](CN2CCCC2=O)N(C(=O)[C@@H]2CCC[C@@H]2C)CC3)c1C(F)F. The van der Waals surface area contributed by atoms with Crippen molar-refractivity contribution in [1.82, 2.24) is 24.8 Å². The number of fused-ring (bicyclic) bond motifs is 1. The van der Waals surface area contributed by atoms with Crippen molar-refractivity contribution < 1.29 is 23.1 Å². The molecule has 5 rings (SSSR count). The zero-order valence-corrected chi connectivity index (χ0v) is 22.6. The van der Waals surface area contributed by atoms with Crippen LogP contribution in [0.1, 0.15) is 80.9 Å². The molecule has 0 spiro atoms. The minimum Gasteiger partial charge on any atom is -0.487 e. The van der Waals surface area contributed by atoms with Crippen molar-refractivity contribution in [2.75, 3.05) is 19.6 Å². The molecule has 2 aromatic rings. The fourth-order valence-corrected chi connectivity index (χ4v) is 6.53. The van der Waals surface area contributed by atoms with Crippen molar-refractivity contribution in [2.24, 2.45) is 11.8 Å². The highest BCUT2D eigenvalue weighted by Gasteiger charge is 2.41. The number of rotatable bonds is 8. The molecule has 1 aromatic carbocycles. The molecule has 1 saturated carbocycles. The third-order valence-electron chi connectivity index (χ3n) is 8.32. The van der Waals surface area contributed by atoms with Crippen LogP contribution in [0.15, 0.2) is 12.1 Å². The second kappa shape index (κ2) is 11.2. The lowest BCUT2D eigenvalue weighted by molar-refractivity contribution is -0.141. The predicted octanol–water partition coefficient (Wildman–Crippen LogP) is 4.95. The Bertz CT molecular complexity index is 1210. The van der Waals surface area contributed by atoms with E-state index in [-0.39, 0.29) is 42.3 Å². The van der Waals surface area contributed by atoms with Gasteiger partial charge in [-0.2, -0.15) is 0 Å². The number of benzene rings is 1. The maximum absolute atomic E-state index is 13.9. The van der Waals surface area contributed by atoms with Crippen LogP contribution in [-0.4, -0.2) is 56.2 Å². The van der Waals surface area contributed by atoms with Gasteiger partial charge in [0.15, 0.2) is 0 Å². The molecule has 3 atom stereocenters. The fraction of sp³-hybridized carbons (Fsp3) is 0.630. The van der Waals surface area contributed by atoms with Crippen molar-refractivity contribution in [3.63, 3.8) is 0 Å². The Kier molecular flexibility index (Phi) is 7.88. The standard InChI is InChI=1S/C27H34ClF2N5O3/c1-3-35-25(26(29)30)20(31-32-35)15-38-22-10-9-19(28)18-11-13-34(27(37)17-7-4-6-16(17)2)21(24(18)22)14-33-12-5-8-23(33)36/h9-10,16-17,21,26H,3-8,11-15H2,1-2H3/t16-,17+,21+/m0/s1. The molecule has 1 aliphatic carbocycles. The van der Waals surface area contributed by atoms with Crippen LogP contribution in [0.4, 0.5) is 8.78 Å². The molecule has 38 heavy (non-hydrogen) atoms. The molecule has 8 nitrogen and oxygen atoms in total. The van der Waals surface area contributed by atoms with Crippen LogP contribution in [0.25, 0.3) is 0 Å².